The molecular weight excluding hydrogens is 166 g/mol. The lowest BCUT2D eigenvalue weighted by atomic mass is 9.97. The molecule has 0 spiro atoms. The number of hydrogen-bond acceptors (Lipinski definition) is 2. The number of fused-ring (bicyclic) bond motifs is 2. The summed E-state index contributed by atoms with van der Waals surface area (Å²) in [4.78, 5) is 12.9. The van der Waals surface area contributed by atoms with Crippen LogP contribution in [0.2, 0.25) is 0 Å². The number of carboxylic acid groups (broad SMARTS) is 1. The Balaban J connectivity index is 2.11. The van der Waals surface area contributed by atoms with Crippen LogP contribution in [0, 0.1) is 0 Å². The van der Waals surface area contributed by atoms with E-state index >= 15 is 0 Å². The summed E-state index contributed by atoms with van der Waals surface area (Å²) < 4.78 is 0. The molecule has 2 fully saturated rings. The molecular formula is C10H15NO2. The van der Waals surface area contributed by atoms with Gasteiger partial charge in [0.05, 0.1) is 0 Å². The molecule has 2 aliphatic rings. The second kappa shape index (κ2) is 3.14. The second-order valence-electron chi connectivity index (χ2n) is 4.10. The van der Waals surface area contributed by atoms with Gasteiger partial charge < -0.3 is 5.11 Å². The Morgan fingerprint density at radius 3 is 2.46 bits per heavy atom. The van der Waals surface area contributed by atoms with Gasteiger partial charge in [-0.3, -0.25) is 4.90 Å². The lowest BCUT2D eigenvalue weighted by Gasteiger charge is -2.32. The molecule has 0 aromatic carbocycles. The van der Waals surface area contributed by atoms with Gasteiger partial charge in [0.25, 0.3) is 0 Å². The smallest absolute Gasteiger partial charge is 0.328 e. The fourth-order valence-electron chi connectivity index (χ4n) is 2.56. The number of carboxylic acids is 1. The molecule has 13 heavy (non-hydrogen) atoms. The van der Waals surface area contributed by atoms with Crippen LogP contribution < -0.4 is 0 Å². The third-order valence-electron chi connectivity index (χ3n) is 3.31. The third-order valence-corrected chi connectivity index (χ3v) is 3.31. The summed E-state index contributed by atoms with van der Waals surface area (Å²) in [5.41, 5.74) is 1.12. The van der Waals surface area contributed by atoms with Gasteiger partial charge in [-0.1, -0.05) is 5.57 Å². The lowest BCUT2D eigenvalue weighted by molar-refractivity contribution is -0.131. The van der Waals surface area contributed by atoms with E-state index in [0.717, 1.165) is 18.4 Å². The van der Waals surface area contributed by atoms with Crippen molar-refractivity contribution in [1.29, 1.82) is 0 Å². The number of aliphatic carboxylic acids is 1. The summed E-state index contributed by atoms with van der Waals surface area (Å²) >= 11 is 0. The Morgan fingerprint density at radius 2 is 2.00 bits per heavy atom. The van der Waals surface area contributed by atoms with Crippen LogP contribution >= 0.6 is 0 Å². The van der Waals surface area contributed by atoms with Crippen LogP contribution in [-0.4, -0.2) is 35.1 Å². The number of piperidine rings is 1. The largest absolute Gasteiger partial charge is 0.478 e. The van der Waals surface area contributed by atoms with Gasteiger partial charge in [-0.25, -0.2) is 4.79 Å². The molecule has 2 atom stereocenters. The van der Waals surface area contributed by atoms with Crippen molar-refractivity contribution in [3.05, 3.63) is 11.6 Å². The molecule has 2 heterocycles. The Labute approximate surface area is 78.0 Å². The van der Waals surface area contributed by atoms with Crippen LogP contribution in [0.25, 0.3) is 0 Å². The van der Waals surface area contributed by atoms with Crippen molar-refractivity contribution in [2.24, 2.45) is 0 Å². The quantitative estimate of drug-likeness (QED) is 0.619. The lowest BCUT2D eigenvalue weighted by Crippen LogP contribution is -2.37. The van der Waals surface area contributed by atoms with E-state index < -0.39 is 5.97 Å². The summed E-state index contributed by atoms with van der Waals surface area (Å²) in [5, 5.41) is 8.63. The van der Waals surface area contributed by atoms with E-state index in [1.54, 1.807) is 0 Å². The SMILES string of the molecule is CN1C2CCC1CC(=CC(=O)O)C2. The van der Waals surface area contributed by atoms with Crippen LogP contribution in [0.15, 0.2) is 11.6 Å². The summed E-state index contributed by atoms with van der Waals surface area (Å²) in [7, 11) is 2.15. The molecule has 72 valence electrons. The zero-order valence-corrected chi connectivity index (χ0v) is 7.86. The Hall–Kier alpha value is -0.830. The molecule has 0 aromatic rings. The van der Waals surface area contributed by atoms with Gasteiger partial charge in [0.15, 0.2) is 0 Å². The van der Waals surface area contributed by atoms with Gasteiger partial charge in [0.1, 0.15) is 0 Å². The highest BCUT2D eigenvalue weighted by atomic mass is 16.4. The molecule has 0 aliphatic carbocycles. The van der Waals surface area contributed by atoms with E-state index in [4.69, 9.17) is 5.11 Å². The first-order valence-corrected chi connectivity index (χ1v) is 4.81. The topological polar surface area (TPSA) is 40.5 Å². The van der Waals surface area contributed by atoms with Crippen molar-refractivity contribution in [3.8, 4) is 0 Å². The van der Waals surface area contributed by atoms with Gasteiger partial charge >= 0.3 is 5.97 Å². The minimum atomic E-state index is -0.793. The fourth-order valence-corrected chi connectivity index (χ4v) is 2.56. The van der Waals surface area contributed by atoms with Crippen LogP contribution in [-0.2, 0) is 4.79 Å². The molecule has 2 rings (SSSR count). The maximum atomic E-state index is 10.5. The zero-order chi connectivity index (χ0) is 9.42. The first-order chi connectivity index (χ1) is 6.16. The maximum Gasteiger partial charge on any atom is 0.328 e. The summed E-state index contributed by atoms with van der Waals surface area (Å²) in [6, 6.07) is 1.20. The van der Waals surface area contributed by atoms with Crippen molar-refractivity contribution in [3.63, 3.8) is 0 Å². The summed E-state index contributed by atoms with van der Waals surface area (Å²) in [5.74, 6) is -0.793. The van der Waals surface area contributed by atoms with E-state index in [2.05, 4.69) is 11.9 Å². The highest BCUT2D eigenvalue weighted by Crippen LogP contribution is 2.36. The fraction of sp³-hybridized carbons (Fsp3) is 0.700. The molecule has 2 bridgehead atoms. The highest BCUT2D eigenvalue weighted by Gasteiger charge is 2.35. The maximum absolute atomic E-state index is 10.5. The molecule has 2 aliphatic heterocycles. The van der Waals surface area contributed by atoms with Crippen molar-refractivity contribution in [1.82, 2.24) is 4.90 Å². The van der Waals surface area contributed by atoms with E-state index in [1.807, 2.05) is 0 Å². The Morgan fingerprint density at radius 1 is 1.46 bits per heavy atom. The molecule has 2 saturated heterocycles. The minimum absolute atomic E-state index is 0.601. The van der Waals surface area contributed by atoms with Crippen molar-refractivity contribution in [2.75, 3.05) is 7.05 Å². The van der Waals surface area contributed by atoms with Crippen LogP contribution in [0.4, 0.5) is 0 Å². The normalized spacial score (nSPS) is 33.5. The molecule has 3 nitrogen and oxygen atoms in total. The van der Waals surface area contributed by atoms with E-state index in [1.165, 1.54) is 18.9 Å². The number of nitrogens with zero attached hydrogens (tertiary/aromatic N) is 1. The number of hydrogen-bond donors (Lipinski definition) is 1. The number of rotatable bonds is 1. The Bertz CT molecular complexity index is 244. The van der Waals surface area contributed by atoms with Gasteiger partial charge in [0, 0.05) is 18.2 Å². The Kier molecular flexibility index (Phi) is 2.12. The standard InChI is InChI=1S/C10H15NO2/c1-11-8-2-3-9(11)5-7(4-8)6-10(12)13/h6,8-9H,2-5H2,1H3,(H,12,13). The third kappa shape index (κ3) is 1.61. The second-order valence-corrected chi connectivity index (χ2v) is 4.10. The average molecular weight is 181 g/mol. The van der Waals surface area contributed by atoms with E-state index in [0.29, 0.717) is 12.1 Å². The van der Waals surface area contributed by atoms with Gasteiger partial charge in [-0.15, -0.1) is 0 Å². The average Bonchev–Trinajstić information content (AvgIpc) is 2.33. The van der Waals surface area contributed by atoms with E-state index in [9.17, 15) is 4.79 Å². The van der Waals surface area contributed by atoms with Gasteiger partial charge in [-0.05, 0) is 32.7 Å². The zero-order valence-electron chi connectivity index (χ0n) is 7.86. The predicted octanol–water partition coefficient (Wildman–Crippen LogP) is 1.25. The molecule has 0 amide bonds. The van der Waals surface area contributed by atoms with Crippen molar-refractivity contribution >= 4 is 5.97 Å². The first kappa shape index (κ1) is 8.75. The van der Waals surface area contributed by atoms with E-state index in [-0.39, 0.29) is 0 Å². The highest BCUT2D eigenvalue weighted by molar-refractivity contribution is 5.80. The molecule has 0 aromatic heterocycles. The molecule has 3 heteroatoms. The van der Waals surface area contributed by atoms with Gasteiger partial charge in [-0.2, -0.15) is 0 Å². The monoisotopic (exact) mass is 181 g/mol. The summed E-state index contributed by atoms with van der Waals surface area (Å²) in [6.45, 7) is 0. The minimum Gasteiger partial charge on any atom is -0.478 e. The molecule has 2 unspecified atom stereocenters. The molecule has 0 saturated carbocycles. The van der Waals surface area contributed by atoms with Crippen molar-refractivity contribution < 1.29 is 9.90 Å². The first-order valence-electron chi connectivity index (χ1n) is 4.81. The summed E-state index contributed by atoms with van der Waals surface area (Å²) in [6.07, 6.45) is 5.78. The van der Waals surface area contributed by atoms with Crippen molar-refractivity contribution in [2.45, 2.75) is 37.8 Å². The molecule has 1 N–H and O–H groups in total. The molecule has 0 radical (unpaired) electrons. The number of carbonyl (C=O) groups is 1. The van der Waals surface area contributed by atoms with Gasteiger partial charge in [0.2, 0.25) is 0 Å². The predicted molar refractivity (Wildman–Crippen MR) is 49.5 cm³/mol. The van der Waals surface area contributed by atoms with Crippen LogP contribution in [0.3, 0.4) is 0 Å². The van der Waals surface area contributed by atoms with Crippen LogP contribution in [0.1, 0.15) is 25.7 Å². The van der Waals surface area contributed by atoms with Crippen LogP contribution in [0.5, 0.6) is 0 Å².